The fourth-order valence-electron chi connectivity index (χ4n) is 5.45. The lowest BCUT2D eigenvalue weighted by atomic mass is 9.83. The summed E-state index contributed by atoms with van der Waals surface area (Å²) in [6.07, 6.45) is 5.04. The Morgan fingerprint density at radius 1 is 0.733 bits per heavy atom. The van der Waals surface area contributed by atoms with E-state index in [-0.39, 0.29) is 0 Å². The van der Waals surface area contributed by atoms with Gasteiger partial charge < -0.3 is 10.0 Å². The van der Waals surface area contributed by atoms with Crippen LogP contribution in [0, 0.1) is 0 Å². The van der Waals surface area contributed by atoms with Gasteiger partial charge >= 0.3 is 0 Å². The molecule has 30 heavy (non-hydrogen) atoms. The Hall–Kier alpha value is -2.42. The lowest BCUT2D eigenvalue weighted by Gasteiger charge is -2.39. The molecule has 154 valence electrons. The summed E-state index contributed by atoms with van der Waals surface area (Å²) in [5.41, 5.74) is 6.45. The topological polar surface area (TPSA) is 23.5 Å². The first-order valence-corrected chi connectivity index (χ1v) is 11.4. The predicted molar refractivity (Wildman–Crippen MR) is 123 cm³/mol. The summed E-state index contributed by atoms with van der Waals surface area (Å²) in [4.78, 5) is 2.55. The first-order chi connectivity index (χ1) is 14.7. The number of aliphatic hydroxyl groups is 1. The van der Waals surface area contributed by atoms with Crippen molar-refractivity contribution in [3.8, 4) is 0 Å². The van der Waals surface area contributed by atoms with Gasteiger partial charge in [0.05, 0.1) is 5.60 Å². The molecule has 1 N–H and O–H groups in total. The highest BCUT2D eigenvalue weighted by Crippen LogP contribution is 2.37. The normalized spacial score (nSPS) is 19.0. The van der Waals surface area contributed by atoms with E-state index in [0.717, 1.165) is 57.3 Å². The van der Waals surface area contributed by atoms with E-state index in [4.69, 9.17) is 0 Å². The van der Waals surface area contributed by atoms with Crippen LogP contribution < -0.4 is 0 Å². The molecule has 0 radical (unpaired) electrons. The molecular weight excluding hydrogens is 366 g/mol. The van der Waals surface area contributed by atoms with Crippen LogP contribution in [0.3, 0.4) is 0 Å². The van der Waals surface area contributed by atoms with Crippen LogP contribution in [0.1, 0.15) is 53.0 Å². The van der Waals surface area contributed by atoms with Crippen LogP contribution in [0.15, 0.2) is 78.9 Å². The molecule has 2 heteroatoms. The Kier molecular flexibility index (Phi) is 5.45. The van der Waals surface area contributed by atoms with Gasteiger partial charge in [-0.05, 0) is 66.5 Å². The highest BCUT2D eigenvalue weighted by molar-refractivity contribution is 5.44. The maximum Gasteiger partial charge on any atom is 0.0920 e. The van der Waals surface area contributed by atoms with Crippen LogP contribution in [-0.4, -0.2) is 29.6 Å². The summed E-state index contributed by atoms with van der Waals surface area (Å²) in [5, 5.41) is 11.1. The van der Waals surface area contributed by atoms with Gasteiger partial charge in [0.15, 0.2) is 0 Å². The molecule has 5 rings (SSSR count). The molecule has 1 saturated heterocycles. The van der Waals surface area contributed by atoms with Gasteiger partial charge in [-0.25, -0.2) is 0 Å². The smallest absolute Gasteiger partial charge is 0.0920 e. The summed E-state index contributed by atoms with van der Waals surface area (Å²) in [5.74, 6) is 0.467. The minimum atomic E-state index is -0.667. The summed E-state index contributed by atoms with van der Waals surface area (Å²) in [6, 6.07) is 28.3. The predicted octanol–water partition coefficient (Wildman–Crippen LogP) is 5.29. The number of aryl methyl sites for hydroxylation is 2. The number of benzene rings is 3. The zero-order valence-electron chi connectivity index (χ0n) is 17.6. The molecule has 0 unspecified atom stereocenters. The maximum atomic E-state index is 11.1. The third-order valence-corrected chi connectivity index (χ3v) is 7.25. The van der Waals surface area contributed by atoms with E-state index >= 15 is 0 Å². The molecule has 2 aliphatic rings. The molecule has 0 spiro atoms. The summed E-state index contributed by atoms with van der Waals surface area (Å²) < 4.78 is 0. The van der Waals surface area contributed by atoms with Crippen molar-refractivity contribution >= 4 is 0 Å². The van der Waals surface area contributed by atoms with Crippen LogP contribution in [0.25, 0.3) is 0 Å². The second-order valence-corrected chi connectivity index (χ2v) is 8.98. The van der Waals surface area contributed by atoms with Gasteiger partial charge in [0, 0.05) is 19.0 Å². The third kappa shape index (κ3) is 3.82. The molecule has 3 aromatic carbocycles. The van der Waals surface area contributed by atoms with Gasteiger partial charge in [-0.2, -0.15) is 0 Å². The van der Waals surface area contributed by atoms with E-state index in [9.17, 15) is 5.11 Å². The molecule has 3 aromatic rings. The van der Waals surface area contributed by atoms with Gasteiger partial charge in [0.25, 0.3) is 0 Å². The van der Waals surface area contributed by atoms with Crippen LogP contribution in [0.4, 0.5) is 0 Å². The maximum absolute atomic E-state index is 11.1. The molecule has 1 fully saturated rings. The Bertz CT molecular complexity index is 941. The quantitative estimate of drug-likeness (QED) is 0.646. The Balaban J connectivity index is 1.30. The number of piperidine rings is 1. The molecule has 2 nitrogen and oxygen atoms in total. The average Bonchev–Trinajstić information content (AvgIpc) is 2.96. The van der Waals surface area contributed by atoms with Crippen molar-refractivity contribution in [1.29, 1.82) is 0 Å². The van der Waals surface area contributed by atoms with Crippen LogP contribution in [0.2, 0.25) is 0 Å². The minimum Gasteiger partial charge on any atom is -0.385 e. The molecule has 0 saturated carbocycles. The Morgan fingerprint density at radius 2 is 1.27 bits per heavy atom. The molecule has 0 aromatic heterocycles. The fourth-order valence-corrected chi connectivity index (χ4v) is 5.45. The van der Waals surface area contributed by atoms with E-state index in [1.165, 1.54) is 22.3 Å². The van der Waals surface area contributed by atoms with Crippen LogP contribution in [0.5, 0.6) is 0 Å². The van der Waals surface area contributed by atoms with Gasteiger partial charge in [-0.1, -0.05) is 78.9 Å². The molecular formula is C28H31NO. The number of fused-ring (bicyclic) bond motifs is 2. The van der Waals surface area contributed by atoms with E-state index in [1.807, 2.05) is 18.2 Å². The molecule has 0 bridgehead atoms. The fraction of sp³-hybridized carbons (Fsp3) is 0.357. The number of likely N-dealkylation sites (tertiary alicyclic amines) is 1. The van der Waals surface area contributed by atoms with Crippen molar-refractivity contribution < 1.29 is 5.11 Å². The van der Waals surface area contributed by atoms with E-state index in [2.05, 4.69) is 65.6 Å². The van der Waals surface area contributed by atoms with Gasteiger partial charge in [0.1, 0.15) is 0 Å². The highest BCUT2D eigenvalue weighted by Gasteiger charge is 2.34. The van der Waals surface area contributed by atoms with E-state index in [0.29, 0.717) is 5.92 Å². The lowest BCUT2D eigenvalue weighted by Crippen LogP contribution is -2.43. The van der Waals surface area contributed by atoms with E-state index < -0.39 is 5.60 Å². The van der Waals surface area contributed by atoms with Gasteiger partial charge in [-0.3, -0.25) is 0 Å². The van der Waals surface area contributed by atoms with Gasteiger partial charge in [-0.15, -0.1) is 0 Å². The number of nitrogens with zero attached hydrogens (tertiary/aromatic N) is 1. The number of hydrogen-bond donors (Lipinski definition) is 1. The average molecular weight is 398 g/mol. The van der Waals surface area contributed by atoms with Crippen LogP contribution in [-0.2, 0) is 18.4 Å². The third-order valence-electron chi connectivity index (χ3n) is 7.25. The first kappa shape index (κ1) is 19.5. The van der Waals surface area contributed by atoms with Gasteiger partial charge in [0.2, 0.25) is 0 Å². The molecule has 1 aliphatic heterocycles. The number of hydrogen-bond acceptors (Lipinski definition) is 2. The summed E-state index contributed by atoms with van der Waals surface area (Å²) in [7, 11) is 0. The van der Waals surface area contributed by atoms with Crippen molar-refractivity contribution in [2.75, 3.05) is 19.6 Å². The molecule has 1 heterocycles. The van der Waals surface area contributed by atoms with Crippen molar-refractivity contribution in [2.24, 2.45) is 0 Å². The summed E-state index contributed by atoms with van der Waals surface area (Å²) >= 11 is 0. The zero-order chi connectivity index (χ0) is 20.4. The second kappa shape index (κ2) is 8.37. The van der Waals surface area contributed by atoms with Crippen molar-refractivity contribution in [2.45, 2.75) is 43.6 Å². The van der Waals surface area contributed by atoms with E-state index in [1.54, 1.807) is 0 Å². The minimum absolute atomic E-state index is 0.467. The molecule has 1 aliphatic carbocycles. The second-order valence-electron chi connectivity index (χ2n) is 8.98. The van der Waals surface area contributed by atoms with Crippen molar-refractivity contribution in [3.05, 3.63) is 107 Å². The Labute approximate surface area is 180 Å². The monoisotopic (exact) mass is 397 g/mol. The summed E-state index contributed by atoms with van der Waals surface area (Å²) in [6.45, 7) is 3.00. The SMILES string of the molecule is OC1(c2ccccc2)CCN(CCC2c3ccccc3CCc3ccccc32)CC1. The van der Waals surface area contributed by atoms with Crippen molar-refractivity contribution in [1.82, 2.24) is 4.90 Å². The Morgan fingerprint density at radius 3 is 1.87 bits per heavy atom. The number of rotatable bonds is 4. The molecule has 0 amide bonds. The van der Waals surface area contributed by atoms with Crippen LogP contribution >= 0.6 is 0 Å². The largest absolute Gasteiger partial charge is 0.385 e. The first-order valence-electron chi connectivity index (χ1n) is 11.4. The molecule has 0 atom stereocenters. The zero-order valence-corrected chi connectivity index (χ0v) is 17.6. The lowest BCUT2D eigenvalue weighted by molar-refractivity contribution is -0.0261. The highest BCUT2D eigenvalue weighted by atomic mass is 16.3. The van der Waals surface area contributed by atoms with Crippen molar-refractivity contribution in [3.63, 3.8) is 0 Å². The standard InChI is InChI=1S/C28H31NO/c30-28(24-10-2-1-3-11-24)17-20-29(21-18-28)19-16-27-25-12-6-4-8-22(25)14-15-23-9-5-7-13-26(23)27/h1-13,27,30H,14-21H2.